The van der Waals surface area contributed by atoms with Gasteiger partial charge >= 0.3 is 0 Å². The van der Waals surface area contributed by atoms with Crippen molar-refractivity contribution in [3.63, 3.8) is 0 Å². The minimum atomic E-state index is 0.989. The number of hydrazone groups is 1. The molecule has 0 saturated heterocycles. The maximum atomic E-state index is 5.40. The Labute approximate surface area is 96.7 Å². The molecule has 0 spiro atoms. The molecule has 0 aromatic heterocycles. The Kier molecular flexibility index (Phi) is 3.13. The fourth-order valence-corrected chi connectivity index (χ4v) is 2.20. The fraction of sp³-hybridized carbons (Fsp3) is 0.462. The van der Waals surface area contributed by atoms with Crippen molar-refractivity contribution in [2.75, 3.05) is 21.2 Å². The van der Waals surface area contributed by atoms with Crippen LogP contribution in [-0.4, -0.2) is 31.9 Å². The standard InChI is InChI=1S/C13H18N2O/c1-15(2)14-12-8-4-7-11-10(12)6-5-9-13(11)16-3/h5-6,9H,4,7-8H2,1-3H3. The summed E-state index contributed by atoms with van der Waals surface area (Å²) < 4.78 is 5.40. The van der Waals surface area contributed by atoms with Crippen molar-refractivity contribution in [3.05, 3.63) is 29.3 Å². The highest BCUT2D eigenvalue weighted by molar-refractivity contribution is 6.03. The number of nitrogens with zero attached hydrogens (tertiary/aromatic N) is 2. The van der Waals surface area contributed by atoms with Crippen LogP contribution < -0.4 is 4.74 Å². The van der Waals surface area contributed by atoms with Gasteiger partial charge in [0.1, 0.15) is 5.75 Å². The molecule has 16 heavy (non-hydrogen) atoms. The third kappa shape index (κ3) is 2.03. The Morgan fingerprint density at radius 3 is 2.75 bits per heavy atom. The third-order valence-corrected chi connectivity index (χ3v) is 2.82. The predicted molar refractivity (Wildman–Crippen MR) is 66.2 cm³/mol. The van der Waals surface area contributed by atoms with Crippen molar-refractivity contribution < 1.29 is 4.74 Å². The maximum absolute atomic E-state index is 5.40. The van der Waals surface area contributed by atoms with Crippen LogP contribution in [0.25, 0.3) is 0 Å². The molecule has 0 heterocycles. The molecule has 1 aromatic carbocycles. The first-order chi connectivity index (χ1) is 7.72. The van der Waals surface area contributed by atoms with Crippen molar-refractivity contribution >= 4 is 5.71 Å². The summed E-state index contributed by atoms with van der Waals surface area (Å²) in [6.07, 6.45) is 3.30. The van der Waals surface area contributed by atoms with Gasteiger partial charge in [0.15, 0.2) is 0 Å². The van der Waals surface area contributed by atoms with E-state index in [4.69, 9.17) is 4.74 Å². The lowest BCUT2D eigenvalue weighted by molar-refractivity contribution is 0.408. The van der Waals surface area contributed by atoms with Gasteiger partial charge in [-0.2, -0.15) is 5.10 Å². The summed E-state index contributed by atoms with van der Waals surface area (Å²) in [6, 6.07) is 6.20. The molecule has 0 fully saturated rings. The van der Waals surface area contributed by atoms with Gasteiger partial charge in [0.05, 0.1) is 12.8 Å². The summed E-state index contributed by atoms with van der Waals surface area (Å²) in [5.74, 6) is 0.989. The van der Waals surface area contributed by atoms with Gasteiger partial charge < -0.3 is 9.75 Å². The van der Waals surface area contributed by atoms with Crippen LogP contribution in [0.5, 0.6) is 5.75 Å². The first-order valence-corrected chi connectivity index (χ1v) is 5.63. The Morgan fingerprint density at radius 2 is 2.06 bits per heavy atom. The normalized spacial score (nSPS) is 17.1. The molecule has 0 aliphatic heterocycles. The number of hydrogen-bond donors (Lipinski definition) is 0. The number of fused-ring (bicyclic) bond motifs is 1. The zero-order chi connectivity index (χ0) is 11.5. The highest BCUT2D eigenvalue weighted by atomic mass is 16.5. The number of rotatable bonds is 2. The molecule has 1 aliphatic rings. The molecule has 3 heteroatoms. The molecule has 1 aliphatic carbocycles. The van der Waals surface area contributed by atoms with E-state index in [1.54, 1.807) is 7.11 Å². The van der Waals surface area contributed by atoms with Gasteiger partial charge in [0, 0.05) is 25.2 Å². The molecule has 0 radical (unpaired) electrons. The molecule has 0 N–H and O–H groups in total. The summed E-state index contributed by atoms with van der Waals surface area (Å²) >= 11 is 0. The third-order valence-electron chi connectivity index (χ3n) is 2.82. The van der Waals surface area contributed by atoms with Gasteiger partial charge in [0.25, 0.3) is 0 Å². The first kappa shape index (κ1) is 11.0. The molecule has 0 atom stereocenters. The SMILES string of the molecule is COc1cccc2c1CCCC2=NN(C)C. The van der Waals surface area contributed by atoms with Crippen LogP contribution in [0.2, 0.25) is 0 Å². The van der Waals surface area contributed by atoms with Gasteiger partial charge in [-0.15, -0.1) is 0 Å². The van der Waals surface area contributed by atoms with E-state index in [0.717, 1.165) is 25.0 Å². The number of methoxy groups -OCH3 is 1. The number of ether oxygens (including phenoxy) is 1. The van der Waals surface area contributed by atoms with Crippen molar-refractivity contribution in [1.29, 1.82) is 0 Å². The van der Waals surface area contributed by atoms with Gasteiger partial charge in [-0.3, -0.25) is 0 Å². The predicted octanol–water partition coefficient (Wildman–Crippen LogP) is 2.30. The minimum Gasteiger partial charge on any atom is -0.496 e. The summed E-state index contributed by atoms with van der Waals surface area (Å²) in [4.78, 5) is 0. The van der Waals surface area contributed by atoms with E-state index in [-0.39, 0.29) is 0 Å². The highest BCUT2D eigenvalue weighted by Crippen LogP contribution is 2.29. The molecule has 3 nitrogen and oxygen atoms in total. The van der Waals surface area contributed by atoms with Crippen molar-refractivity contribution in [2.45, 2.75) is 19.3 Å². The Morgan fingerprint density at radius 1 is 1.25 bits per heavy atom. The lowest BCUT2D eigenvalue weighted by atomic mass is 9.89. The van der Waals surface area contributed by atoms with E-state index in [2.05, 4.69) is 11.2 Å². The van der Waals surface area contributed by atoms with Crippen molar-refractivity contribution in [2.24, 2.45) is 5.10 Å². The fourth-order valence-electron chi connectivity index (χ4n) is 2.20. The summed E-state index contributed by atoms with van der Waals surface area (Å²) in [6.45, 7) is 0. The van der Waals surface area contributed by atoms with E-state index >= 15 is 0 Å². The van der Waals surface area contributed by atoms with E-state index in [9.17, 15) is 0 Å². The number of hydrogen-bond acceptors (Lipinski definition) is 3. The second-order valence-electron chi connectivity index (χ2n) is 4.23. The lowest BCUT2D eigenvalue weighted by Crippen LogP contribution is -2.16. The van der Waals surface area contributed by atoms with Gasteiger partial charge in [-0.25, -0.2) is 0 Å². The monoisotopic (exact) mass is 218 g/mol. The van der Waals surface area contributed by atoms with Gasteiger partial charge in [-0.05, 0) is 25.3 Å². The van der Waals surface area contributed by atoms with Crippen molar-refractivity contribution in [3.8, 4) is 5.75 Å². The van der Waals surface area contributed by atoms with E-state index in [1.807, 2.05) is 31.2 Å². The molecule has 0 unspecified atom stereocenters. The summed E-state index contributed by atoms with van der Waals surface area (Å²) in [7, 11) is 5.65. The van der Waals surface area contributed by atoms with E-state index < -0.39 is 0 Å². The van der Waals surface area contributed by atoms with Crippen LogP contribution in [0.3, 0.4) is 0 Å². The highest BCUT2D eigenvalue weighted by Gasteiger charge is 2.18. The minimum absolute atomic E-state index is 0.989. The topological polar surface area (TPSA) is 24.8 Å². The first-order valence-electron chi connectivity index (χ1n) is 5.63. The van der Waals surface area contributed by atoms with Crippen LogP contribution in [0.1, 0.15) is 24.0 Å². The van der Waals surface area contributed by atoms with Crippen molar-refractivity contribution in [1.82, 2.24) is 5.01 Å². The molecule has 0 amide bonds. The zero-order valence-corrected chi connectivity index (χ0v) is 10.2. The Hall–Kier alpha value is -1.51. The zero-order valence-electron chi connectivity index (χ0n) is 10.2. The summed E-state index contributed by atoms with van der Waals surface area (Å²) in [5, 5.41) is 6.41. The van der Waals surface area contributed by atoms with E-state index in [0.29, 0.717) is 0 Å². The Balaban J connectivity index is 2.47. The van der Waals surface area contributed by atoms with Crippen LogP contribution in [0.15, 0.2) is 23.3 Å². The molecule has 0 saturated carbocycles. The molecular weight excluding hydrogens is 200 g/mol. The summed E-state index contributed by atoms with van der Waals surface area (Å²) in [5.41, 5.74) is 3.72. The molecule has 0 bridgehead atoms. The van der Waals surface area contributed by atoms with E-state index in [1.165, 1.54) is 16.8 Å². The molecule has 86 valence electrons. The average Bonchev–Trinajstić information content (AvgIpc) is 2.28. The smallest absolute Gasteiger partial charge is 0.122 e. The average molecular weight is 218 g/mol. The second kappa shape index (κ2) is 4.56. The molecular formula is C13H18N2O. The molecule has 2 rings (SSSR count). The lowest BCUT2D eigenvalue weighted by Gasteiger charge is -2.21. The quantitative estimate of drug-likeness (QED) is 0.711. The molecule has 1 aromatic rings. The van der Waals surface area contributed by atoms with Crippen LogP contribution in [0, 0.1) is 0 Å². The van der Waals surface area contributed by atoms with Gasteiger partial charge in [-0.1, -0.05) is 12.1 Å². The van der Waals surface area contributed by atoms with Gasteiger partial charge in [0.2, 0.25) is 0 Å². The largest absolute Gasteiger partial charge is 0.496 e. The van der Waals surface area contributed by atoms with Crippen LogP contribution in [0.4, 0.5) is 0 Å². The maximum Gasteiger partial charge on any atom is 0.122 e. The Bertz CT molecular complexity index is 410. The second-order valence-corrected chi connectivity index (χ2v) is 4.23. The van der Waals surface area contributed by atoms with Crippen LogP contribution >= 0.6 is 0 Å². The number of benzene rings is 1. The van der Waals surface area contributed by atoms with Crippen LogP contribution in [-0.2, 0) is 6.42 Å².